The van der Waals surface area contributed by atoms with Gasteiger partial charge in [0.05, 0.1) is 6.54 Å². The molecule has 1 fully saturated rings. The van der Waals surface area contributed by atoms with Gasteiger partial charge in [-0.25, -0.2) is 0 Å². The quantitative estimate of drug-likeness (QED) is 0.586. The third-order valence-electron chi connectivity index (χ3n) is 5.91. The second kappa shape index (κ2) is 9.50. The number of hydrogen-bond donors (Lipinski definition) is 2. The van der Waals surface area contributed by atoms with Gasteiger partial charge < -0.3 is 10.6 Å². The lowest BCUT2D eigenvalue weighted by atomic mass is 9.95. The summed E-state index contributed by atoms with van der Waals surface area (Å²) in [5.41, 5.74) is 2.46. The highest BCUT2D eigenvalue weighted by atomic mass is 35.5. The molecule has 6 heteroatoms. The average molecular weight is 436 g/mol. The highest BCUT2D eigenvalue weighted by molar-refractivity contribution is 6.31. The van der Waals surface area contributed by atoms with Crippen LogP contribution in [0.25, 0.3) is 10.8 Å². The molecule has 3 aromatic rings. The van der Waals surface area contributed by atoms with Crippen molar-refractivity contribution in [2.24, 2.45) is 5.92 Å². The van der Waals surface area contributed by atoms with E-state index in [1.54, 1.807) is 0 Å². The molecule has 160 valence electrons. The summed E-state index contributed by atoms with van der Waals surface area (Å²) in [5, 5.41) is 8.82. The lowest BCUT2D eigenvalue weighted by Gasteiger charge is -2.30. The van der Waals surface area contributed by atoms with E-state index in [2.05, 4.69) is 15.5 Å². The maximum Gasteiger partial charge on any atom is 0.238 e. The van der Waals surface area contributed by atoms with Crippen LogP contribution in [0.3, 0.4) is 0 Å². The van der Waals surface area contributed by atoms with E-state index in [1.807, 2.05) is 67.6 Å². The van der Waals surface area contributed by atoms with Crippen LogP contribution in [0.4, 0.5) is 11.4 Å². The third kappa shape index (κ3) is 5.06. The number of piperidine rings is 1. The third-order valence-corrected chi connectivity index (χ3v) is 6.32. The number of anilines is 2. The first-order valence-corrected chi connectivity index (χ1v) is 10.9. The summed E-state index contributed by atoms with van der Waals surface area (Å²) in [6.07, 6.45) is 1.46. The minimum Gasteiger partial charge on any atom is -0.326 e. The Morgan fingerprint density at radius 3 is 2.42 bits per heavy atom. The number of benzene rings is 3. The molecule has 1 aliphatic heterocycles. The van der Waals surface area contributed by atoms with Gasteiger partial charge >= 0.3 is 0 Å². The largest absolute Gasteiger partial charge is 0.326 e. The van der Waals surface area contributed by atoms with E-state index < -0.39 is 0 Å². The zero-order valence-electron chi connectivity index (χ0n) is 17.5. The first-order valence-electron chi connectivity index (χ1n) is 10.6. The van der Waals surface area contributed by atoms with Crippen LogP contribution in [0.5, 0.6) is 0 Å². The molecule has 0 bridgehead atoms. The van der Waals surface area contributed by atoms with E-state index in [1.165, 1.54) is 0 Å². The number of carbonyl (C=O) groups excluding carboxylic acids is 2. The Labute approximate surface area is 187 Å². The molecule has 0 unspecified atom stereocenters. The monoisotopic (exact) mass is 435 g/mol. The highest BCUT2D eigenvalue weighted by Crippen LogP contribution is 2.26. The summed E-state index contributed by atoms with van der Waals surface area (Å²) >= 11 is 6.14. The molecule has 0 atom stereocenters. The van der Waals surface area contributed by atoms with E-state index in [4.69, 9.17) is 11.6 Å². The predicted octanol–water partition coefficient (Wildman–Crippen LogP) is 5.09. The van der Waals surface area contributed by atoms with Crippen LogP contribution < -0.4 is 10.6 Å². The molecule has 5 nitrogen and oxygen atoms in total. The maximum atomic E-state index is 12.7. The normalized spacial score (nSPS) is 15.0. The number of likely N-dealkylation sites (tertiary alicyclic amines) is 1. The number of amides is 2. The van der Waals surface area contributed by atoms with Crippen LogP contribution >= 0.6 is 11.6 Å². The van der Waals surface area contributed by atoms with Gasteiger partial charge in [0.2, 0.25) is 11.8 Å². The molecule has 31 heavy (non-hydrogen) atoms. The molecule has 0 aliphatic carbocycles. The topological polar surface area (TPSA) is 61.4 Å². The molecule has 3 aromatic carbocycles. The Balaban J connectivity index is 1.29. The highest BCUT2D eigenvalue weighted by Gasteiger charge is 2.26. The van der Waals surface area contributed by atoms with Gasteiger partial charge in [-0.3, -0.25) is 14.5 Å². The molecule has 1 heterocycles. The molecular formula is C25H26ClN3O2. The summed E-state index contributed by atoms with van der Waals surface area (Å²) < 4.78 is 0. The van der Waals surface area contributed by atoms with Crippen LogP contribution in [-0.2, 0) is 9.59 Å². The van der Waals surface area contributed by atoms with Gasteiger partial charge in [-0.05, 0) is 62.0 Å². The fourth-order valence-electron chi connectivity index (χ4n) is 4.06. The summed E-state index contributed by atoms with van der Waals surface area (Å²) in [6.45, 7) is 3.66. The second-order valence-electron chi connectivity index (χ2n) is 8.03. The molecule has 0 aromatic heterocycles. The standard InChI is InChI=1S/C25H26ClN3O2/c1-17-21(26)9-5-10-22(17)28-25(31)19-12-14-29(15-13-19)16-24(30)27-23-11-4-7-18-6-2-3-8-20(18)23/h2-11,19H,12-16H2,1H3,(H,27,30)(H,28,31). The summed E-state index contributed by atoms with van der Waals surface area (Å²) in [6, 6.07) is 19.4. The lowest BCUT2D eigenvalue weighted by Crippen LogP contribution is -2.41. The number of rotatable bonds is 5. The predicted molar refractivity (Wildman–Crippen MR) is 127 cm³/mol. The van der Waals surface area contributed by atoms with Gasteiger partial charge in [0, 0.05) is 27.7 Å². The van der Waals surface area contributed by atoms with E-state index in [-0.39, 0.29) is 17.7 Å². The van der Waals surface area contributed by atoms with Crippen molar-refractivity contribution in [2.45, 2.75) is 19.8 Å². The fraction of sp³-hybridized carbons (Fsp3) is 0.280. The Hall–Kier alpha value is -2.89. The van der Waals surface area contributed by atoms with Gasteiger partial charge in [-0.15, -0.1) is 0 Å². The Morgan fingerprint density at radius 1 is 0.935 bits per heavy atom. The van der Waals surface area contributed by atoms with Crippen molar-refractivity contribution < 1.29 is 9.59 Å². The molecular weight excluding hydrogens is 410 g/mol. The summed E-state index contributed by atoms with van der Waals surface area (Å²) in [5.74, 6) is -0.0743. The van der Waals surface area contributed by atoms with Crippen LogP contribution in [0.15, 0.2) is 60.7 Å². The number of nitrogens with zero attached hydrogens (tertiary/aromatic N) is 1. The van der Waals surface area contributed by atoms with Crippen molar-refractivity contribution in [3.8, 4) is 0 Å². The number of hydrogen-bond acceptors (Lipinski definition) is 3. The molecule has 4 rings (SSSR count). The zero-order chi connectivity index (χ0) is 21.8. The average Bonchev–Trinajstić information content (AvgIpc) is 2.77. The van der Waals surface area contributed by atoms with E-state index in [0.717, 1.165) is 53.6 Å². The smallest absolute Gasteiger partial charge is 0.238 e. The van der Waals surface area contributed by atoms with Crippen LogP contribution in [0.1, 0.15) is 18.4 Å². The number of halogens is 1. The minimum absolute atomic E-state index is 0.0187. The Morgan fingerprint density at radius 2 is 1.61 bits per heavy atom. The van der Waals surface area contributed by atoms with Crippen molar-refractivity contribution in [3.05, 3.63) is 71.2 Å². The number of carbonyl (C=O) groups is 2. The van der Waals surface area contributed by atoms with Crippen molar-refractivity contribution in [2.75, 3.05) is 30.3 Å². The number of nitrogens with one attached hydrogen (secondary N) is 2. The van der Waals surface area contributed by atoms with Crippen LogP contribution in [0.2, 0.25) is 5.02 Å². The van der Waals surface area contributed by atoms with E-state index >= 15 is 0 Å². The number of fused-ring (bicyclic) bond motifs is 1. The van der Waals surface area contributed by atoms with Gasteiger partial charge in [0.1, 0.15) is 0 Å². The Kier molecular flexibility index (Phi) is 6.54. The van der Waals surface area contributed by atoms with Gasteiger partial charge in [-0.2, -0.15) is 0 Å². The minimum atomic E-state index is -0.0595. The van der Waals surface area contributed by atoms with E-state index in [9.17, 15) is 9.59 Å². The van der Waals surface area contributed by atoms with Crippen LogP contribution in [0, 0.1) is 12.8 Å². The van der Waals surface area contributed by atoms with Crippen molar-refractivity contribution in [1.29, 1.82) is 0 Å². The fourth-order valence-corrected chi connectivity index (χ4v) is 4.23. The van der Waals surface area contributed by atoms with Gasteiger partial charge in [0.15, 0.2) is 0 Å². The summed E-state index contributed by atoms with van der Waals surface area (Å²) in [7, 11) is 0. The van der Waals surface area contributed by atoms with Crippen LogP contribution in [-0.4, -0.2) is 36.3 Å². The molecule has 0 saturated carbocycles. The molecule has 1 saturated heterocycles. The maximum absolute atomic E-state index is 12.7. The molecule has 2 N–H and O–H groups in total. The summed E-state index contributed by atoms with van der Waals surface area (Å²) in [4.78, 5) is 27.4. The molecule has 1 aliphatic rings. The molecule has 0 spiro atoms. The van der Waals surface area contributed by atoms with E-state index in [0.29, 0.717) is 11.6 Å². The first kappa shape index (κ1) is 21.3. The first-order chi connectivity index (χ1) is 15.0. The Bertz CT molecular complexity index is 1100. The van der Waals surface area contributed by atoms with Crippen molar-refractivity contribution in [1.82, 2.24) is 4.90 Å². The second-order valence-corrected chi connectivity index (χ2v) is 8.43. The van der Waals surface area contributed by atoms with Crippen molar-refractivity contribution in [3.63, 3.8) is 0 Å². The van der Waals surface area contributed by atoms with Crippen molar-refractivity contribution >= 4 is 45.6 Å². The molecule has 2 amide bonds. The van der Waals surface area contributed by atoms with Gasteiger partial charge in [0.25, 0.3) is 0 Å². The molecule has 0 radical (unpaired) electrons. The zero-order valence-corrected chi connectivity index (χ0v) is 18.3. The van der Waals surface area contributed by atoms with Gasteiger partial charge in [-0.1, -0.05) is 54.1 Å². The SMILES string of the molecule is Cc1c(Cl)cccc1NC(=O)C1CCN(CC(=O)Nc2cccc3ccccc23)CC1. The lowest BCUT2D eigenvalue weighted by molar-refractivity contribution is -0.121.